The molecule has 2 rings (SSSR count). The summed E-state index contributed by atoms with van der Waals surface area (Å²) in [6.45, 7) is 1.08. The van der Waals surface area contributed by atoms with Gasteiger partial charge in [0.15, 0.2) is 0 Å². The Morgan fingerprint density at radius 3 is 2.85 bits per heavy atom. The van der Waals surface area contributed by atoms with Gasteiger partial charge in [0.25, 0.3) is 0 Å². The molecule has 1 heterocycles. The SMILES string of the molecule is C1=CSC(Cc2ccccc2)CN1. The Morgan fingerprint density at radius 1 is 1.31 bits per heavy atom. The smallest absolute Gasteiger partial charge is 0.0302 e. The van der Waals surface area contributed by atoms with Crippen LogP contribution >= 0.6 is 11.8 Å². The molecule has 1 aliphatic rings. The highest BCUT2D eigenvalue weighted by Crippen LogP contribution is 2.19. The molecule has 0 saturated carbocycles. The van der Waals surface area contributed by atoms with Crippen molar-refractivity contribution in [3.05, 3.63) is 47.5 Å². The Labute approximate surface area is 83.2 Å². The summed E-state index contributed by atoms with van der Waals surface area (Å²) < 4.78 is 0. The lowest BCUT2D eigenvalue weighted by Crippen LogP contribution is -2.24. The van der Waals surface area contributed by atoms with Gasteiger partial charge in [0, 0.05) is 18.0 Å². The van der Waals surface area contributed by atoms with Crippen molar-refractivity contribution in [2.24, 2.45) is 0 Å². The third kappa shape index (κ3) is 2.52. The minimum absolute atomic E-state index is 0.687. The average molecular weight is 191 g/mol. The Kier molecular flexibility index (Phi) is 2.93. The zero-order valence-corrected chi connectivity index (χ0v) is 8.26. The van der Waals surface area contributed by atoms with E-state index in [9.17, 15) is 0 Å². The van der Waals surface area contributed by atoms with Crippen LogP contribution in [0.4, 0.5) is 0 Å². The first kappa shape index (κ1) is 8.70. The van der Waals surface area contributed by atoms with Crippen LogP contribution in [-0.2, 0) is 6.42 Å². The number of benzene rings is 1. The van der Waals surface area contributed by atoms with Crippen LogP contribution in [0.25, 0.3) is 0 Å². The summed E-state index contributed by atoms with van der Waals surface area (Å²) in [7, 11) is 0. The van der Waals surface area contributed by atoms with Gasteiger partial charge in [0.1, 0.15) is 0 Å². The summed E-state index contributed by atoms with van der Waals surface area (Å²) in [5, 5.41) is 6.08. The molecule has 1 unspecified atom stereocenters. The second-order valence-electron chi connectivity index (χ2n) is 3.16. The molecule has 1 nitrogen and oxygen atoms in total. The molecule has 0 radical (unpaired) electrons. The zero-order valence-electron chi connectivity index (χ0n) is 7.44. The standard InChI is InChI=1S/C11H13NS/c1-2-4-10(5-3-1)8-11-9-12-6-7-13-11/h1-7,11-12H,8-9H2. The van der Waals surface area contributed by atoms with E-state index in [0.717, 1.165) is 13.0 Å². The maximum absolute atomic E-state index is 3.25. The maximum Gasteiger partial charge on any atom is 0.0302 e. The molecule has 0 spiro atoms. The molecule has 1 aromatic carbocycles. The lowest BCUT2D eigenvalue weighted by atomic mass is 10.1. The monoisotopic (exact) mass is 191 g/mol. The van der Waals surface area contributed by atoms with Crippen molar-refractivity contribution in [1.29, 1.82) is 0 Å². The van der Waals surface area contributed by atoms with Gasteiger partial charge in [-0.1, -0.05) is 30.3 Å². The first-order valence-electron chi connectivity index (χ1n) is 4.53. The minimum Gasteiger partial charge on any atom is -0.389 e. The Morgan fingerprint density at radius 2 is 2.15 bits per heavy atom. The second kappa shape index (κ2) is 4.38. The summed E-state index contributed by atoms with van der Waals surface area (Å²) in [4.78, 5) is 0. The predicted molar refractivity (Wildman–Crippen MR) is 58.7 cm³/mol. The Balaban J connectivity index is 1.94. The van der Waals surface area contributed by atoms with Gasteiger partial charge in [0.2, 0.25) is 0 Å². The first-order chi connectivity index (χ1) is 6.45. The van der Waals surface area contributed by atoms with Gasteiger partial charge in [0.05, 0.1) is 0 Å². The molecule has 0 aliphatic carbocycles. The predicted octanol–water partition coefficient (Wildman–Crippen LogP) is 2.41. The van der Waals surface area contributed by atoms with Gasteiger partial charge in [-0.25, -0.2) is 0 Å². The highest BCUT2D eigenvalue weighted by Gasteiger charge is 2.10. The fraction of sp³-hybridized carbons (Fsp3) is 0.273. The van der Waals surface area contributed by atoms with Gasteiger partial charge in [-0.05, 0) is 17.4 Å². The van der Waals surface area contributed by atoms with Crippen molar-refractivity contribution in [2.75, 3.05) is 6.54 Å². The molecule has 1 atom stereocenters. The zero-order chi connectivity index (χ0) is 8.93. The van der Waals surface area contributed by atoms with E-state index in [4.69, 9.17) is 0 Å². The molecule has 0 saturated heterocycles. The number of nitrogens with one attached hydrogen (secondary N) is 1. The van der Waals surface area contributed by atoms with Crippen molar-refractivity contribution in [1.82, 2.24) is 5.32 Å². The highest BCUT2D eigenvalue weighted by atomic mass is 32.2. The summed E-state index contributed by atoms with van der Waals surface area (Å²) in [5.74, 6) is 0. The minimum atomic E-state index is 0.687. The van der Waals surface area contributed by atoms with Crippen LogP contribution in [0.1, 0.15) is 5.56 Å². The summed E-state index contributed by atoms with van der Waals surface area (Å²) in [6.07, 6.45) is 3.18. The van der Waals surface area contributed by atoms with Crippen LogP contribution in [0.2, 0.25) is 0 Å². The normalized spacial score (nSPS) is 21.1. The summed E-state index contributed by atoms with van der Waals surface area (Å²) in [5.41, 5.74) is 1.43. The van der Waals surface area contributed by atoms with E-state index < -0.39 is 0 Å². The highest BCUT2D eigenvalue weighted by molar-refractivity contribution is 8.02. The lowest BCUT2D eigenvalue weighted by Gasteiger charge is -2.18. The van der Waals surface area contributed by atoms with Gasteiger partial charge in [-0.15, -0.1) is 11.8 Å². The van der Waals surface area contributed by atoms with Crippen LogP contribution in [-0.4, -0.2) is 11.8 Å². The third-order valence-electron chi connectivity index (χ3n) is 2.11. The largest absolute Gasteiger partial charge is 0.389 e. The second-order valence-corrected chi connectivity index (χ2v) is 4.37. The molecule has 0 bridgehead atoms. The van der Waals surface area contributed by atoms with Crippen LogP contribution in [0.15, 0.2) is 41.9 Å². The molecule has 0 aromatic heterocycles. The van der Waals surface area contributed by atoms with Crippen molar-refractivity contribution in [3.63, 3.8) is 0 Å². The topological polar surface area (TPSA) is 12.0 Å². The van der Waals surface area contributed by atoms with E-state index in [1.807, 2.05) is 18.0 Å². The fourth-order valence-electron chi connectivity index (χ4n) is 1.44. The molecule has 1 aliphatic heterocycles. The van der Waals surface area contributed by atoms with Crippen molar-refractivity contribution in [3.8, 4) is 0 Å². The van der Waals surface area contributed by atoms with Crippen molar-refractivity contribution >= 4 is 11.8 Å². The molecule has 0 fully saturated rings. The van der Waals surface area contributed by atoms with Crippen LogP contribution in [0.3, 0.4) is 0 Å². The number of thioether (sulfide) groups is 1. The number of hydrogen-bond donors (Lipinski definition) is 1. The van der Waals surface area contributed by atoms with Crippen LogP contribution in [0.5, 0.6) is 0 Å². The third-order valence-corrected chi connectivity index (χ3v) is 3.12. The van der Waals surface area contributed by atoms with Crippen molar-refractivity contribution in [2.45, 2.75) is 11.7 Å². The van der Waals surface area contributed by atoms with E-state index in [1.54, 1.807) is 0 Å². The fourth-order valence-corrected chi connectivity index (χ4v) is 2.32. The summed E-state index contributed by atoms with van der Waals surface area (Å²) >= 11 is 1.91. The lowest BCUT2D eigenvalue weighted by molar-refractivity contribution is 0.763. The average Bonchev–Trinajstić information content (AvgIpc) is 2.21. The maximum atomic E-state index is 3.25. The van der Waals surface area contributed by atoms with E-state index >= 15 is 0 Å². The number of hydrogen-bond acceptors (Lipinski definition) is 2. The molecular weight excluding hydrogens is 178 g/mol. The quantitative estimate of drug-likeness (QED) is 0.770. The van der Waals surface area contributed by atoms with Crippen LogP contribution < -0.4 is 5.32 Å². The van der Waals surface area contributed by atoms with Crippen LogP contribution in [0, 0.1) is 0 Å². The molecule has 1 N–H and O–H groups in total. The van der Waals surface area contributed by atoms with E-state index in [2.05, 4.69) is 41.1 Å². The van der Waals surface area contributed by atoms with Crippen molar-refractivity contribution < 1.29 is 0 Å². The van der Waals surface area contributed by atoms with Gasteiger partial charge in [-0.3, -0.25) is 0 Å². The molecular formula is C11H13NS. The van der Waals surface area contributed by atoms with Gasteiger partial charge < -0.3 is 5.32 Å². The molecule has 13 heavy (non-hydrogen) atoms. The van der Waals surface area contributed by atoms with E-state index in [0.29, 0.717) is 5.25 Å². The molecule has 1 aromatic rings. The van der Waals surface area contributed by atoms with E-state index in [-0.39, 0.29) is 0 Å². The number of rotatable bonds is 2. The molecule has 68 valence electrons. The van der Waals surface area contributed by atoms with Gasteiger partial charge >= 0.3 is 0 Å². The van der Waals surface area contributed by atoms with Gasteiger partial charge in [-0.2, -0.15) is 0 Å². The Hall–Kier alpha value is -0.890. The Bertz CT molecular complexity index is 281. The summed E-state index contributed by atoms with van der Waals surface area (Å²) in [6, 6.07) is 10.7. The molecule has 2 heteroatoms. The molecule has 0 amide bonds. The van der Waals surface area contributed by atoms with E-state index in [1.165, 1.54) is 5.56 Å². The first-order valence-corrected chi connectivity index (χ1v) is 5.47.